The smallest absolute Gasteiger partial charge is 0.271 e. The third-order valence-electron chi connectivity index (χ3n) is 4.29. The highest BCUT2D eigenvalue weighted by Crippen LogP contribution is 2.18. The number of likely N-dealkylation sites (tertiary alicyclic amines) is 1. The van der Waals surface area contributed by atoms with Gasteiger partial charge in [-0.05, 0) is 36.4 Å². The monoisotopic (exact) mass is 329 g/mol. The Morgan fingerprint density at radius 1 is 1.35 bits per heavy atom. The first kappa shape index (κ1) is 16.1. The molecule has 1 fully saturated rings. The first-order valence-electron chi connectivity index (χ1n) is 8.17. The van der Waals surface area contributed by atoms with Crippen LogP contribution < -0.4 is 5.32 Å². The number of rotatable bonds is 5. The average molecular weight is 329 g/mol. The standard InChI is InChI=1S/C18H23N3OS/c1-14-3-2-8-21(10-14)11-16-6-4-15(5-7-16)9-19-18(22)17-12-23-13-20-17/h4-7,12-14H,2-3,8-11H2,1H3,(H,19,22). The van der Waals surface area contributed by atoms with Crippen LogP contribution in [0.25, 0.3) is 0 Å². The van der Waals surface area contributed by atoms with Crippen molar-refractivity contribution < 1.29 is 4.79 Å². The summed E-state index contributed by atoms with van der Waals surface area (Å²) in [5, 5.41) is 4.66. The van der Waals surface area contributed by atoms with Gasteiger partial charge in [0.2, 0.25) is 0 Å². The lowest BCUT2D eigenvalue weighted by atomic mass is 9.99. The largest absolute Gasteiger partial charge is 0.347 e. The normalized spacial score (nSPS) is 18.7. The molecule has 2 heterocycles. The maximum absolute atomic E-state index is 11.9. The number of carbonyl (C=O) groups is 1. The van der Waals surface area contributed by atoms with E-state index < -0.39 is 0 Å². The molecular weight excluding hydrogens is 306 g/mol. The maximum atomic E-state index is 11.9. The van der Waals surface area contributed by atoms with Crippen LogP contribution >= 0.6 is 11.3 Å². The summed E-state index contributed by atoms with van der Waals surface area (Å²) in [7, 11) is 0. The van der Waals surface area contributed by atoms with Gasteiger partial charge < -0.3 is 5.32 Å². The third-order valence-corrected chi connectivity index (χ3v) is 4.87. The molecule has 122 valence electrons. The summed E-state index contributed by atoms with van der Waals surface area (Å²) in [6.45, 7) is 6.30. The quantitative estimate of drug-likeness (QED) is 0.915. The molecule has 4 nitrogen and oxygen atoms in total. The van der Waals surface area contributed by atoms with Crippen LogP contribution in [0.3, 0.4) is 0 Å². The highest BCUT2D eigenvalue weighted by molar-refractivity contribution is 7.07. The molecule has 0 aliphatic carbocycles. The van der Waals surface area contributed by atoms with Crippen LogP contribution in [0.4, 0.5) is 0 Å². The SMILES string of the molecule is CC1CCCN(Cc2ccc(CNC(=O)c3cscn3)cc2)C1. The molecule has 0 radical (unpaired) electrons. The lowest BCUT2D eigenvalue weighted by Crippen LogP contribution is -2.33. The predicted molar refractivity (Wildman–Crippen MR) is 93.4 cm³/mol. The second-order valence-electron chi connectivity index (χ2n) is 6.36. The number of hydrogen-bond acceptors (Lipinski definition) is 4. The van der Waals surface area contributed by atoms with Crippen molar-refractivity contribution in [2.45, 2.75) is 32.9 Å². The molecule has 1 atom stereocenters. The minimum atomic E-state index is -0.113. The van der Waals surface area contributed by atoms with E-state index in [0.29, 0.717) is 12.2 Å². The van der Waals surface area contributed by atoms with Gasteiger partial charge in [0.25, 0.3) is 5.91 Å². The molecule has 3 rings (SSSR count). The molecule has 1 aliphatic heterocycles. The number of carbonyl (C=O) groups excluding carboxylic acids is 1. The van der Waals surface area contributed by atoms with E-state index in [1.807, 2.05) is 0 Å². The topological polar surface area (TPSA) is 45.2 Å². The Labute approximate surface area is 141 Å². The number of piperidine rings is 1. The number of hydrogen-bond donors (Lipinski definition) is 1. The summed E-state index contributed by atoms with van der Waals surface area (Å²) < 4.78 is 0. The second kappa shape index (κ2) is 7.70. The van der Waals surface area contributed by atoms with Crippen LogP contribution in [-0.4, -0.2) is 28.9 Å². The molecule has 1 amide bonds. The Hall–Kier alpha value is -1.72. The number of nitrogens with one attached hydrogen (secondary N) is 1. The number of aromatic nitrogens is 1. The van der Waals surface area contributed by atoms with Crippen LogP contribution in [0.2, 0.25) is 0 Å². The lowest BCUT2D eigenvalue weighted by molar-refractivity contribution is 0.0946. The summed E-state index contributed by atoms with van der Waals surface area (Å²) in [6.07, 6.45) is 2.66. The zero-order chi connectivity index (χ0) is 16.1. The Bertz CT molecular complexity index is 624. The fraction of sp³-hybridized carbons (Fsp3) is 0.444. The minimum absolute atomic E-state index is 0.113. The Morgan fingerprint density at radius 2 is 2.13 bits per heavy atom. The molecule has 1 aliphatic rings. The van der Waals surface area contributed by atoms with Crippen molar-refractivity contribution in [1.29, 1.82) is 0 Å². The molecule has 2 aromatic rings. The molecule has 1 unspecified atom stereocenters. The van der Waals surface area contributed by atoms with Gasteiger partial charge >= 0.3 is 0 Å². The van der Waals surface area contributed by atoms with Crippen LogP contribution in [0.5, 0.6) is 0 Å². The first-order chi connectivity index (χ1) is 11.2. The summed E-state index contributed by atoms with van der Waals surface area (Å²) >= 11 is 1.43. The average Bonchev–Trinajstić information content (AvgIpc) is 3.08. The van der Waals surface area contributed by atoms with Gasteiger partial charge in [0, 0.05) is 25.0 Å². The van der Waals surface area contributed by atoms with Gasteiger partial charge in [-0.15, -0.1) is 11.3 Å². The molecule has 0 bridgehead atoms. The van der Waals surface area contributed by atoms with Gasteiger partial charge in [0.15, 0.2) is 0 Å². The molecule has 1 saturated heterocycles. The van der Waals surface area contributed by atoms with Crippen LogP contribution in [-0.2, 0) is 13.1 Å². The molecule has 5 heteroatoms. The Morgan fingerprint density at radius 3 is 2.83 bits per heavy atom. The summed E-state index contributed by atoms with van der Waals surface area (Å²) in [5.74, 6) is 0.696. The van der Waals surface area contributed by atoms with E-state index in [0.717, 1.165) is 18.0 Å². The lowest BCUT2D eigenvalue weighted by Gasteiger charge is -2.30. The van der Waals surface area contributed by atoms with Gasteiger partial charge in [-0.2, -0.15) is 0 Å². The fourth-order valence-corrected chi connectivity index (χ4v) is 3.58. The number of amides is 1. The van der Waals surface area contributed by atoms with Gasteiger partial charge in [-0.3, -0.25) is 9.69 Å². The molecule has 0 saturated carbocycles. The van der Waals surface area contributed by atoms with Crippen LogP contribution in [0.1, 0.15) is 41.4 Å². The minimum Gasteiger partial charge on any atom is -0.347 e. The zero-order valence-corrected chi connectivity index (χ0v) is 14.3. The molecule has 0 spiro atoms. The Balaban J connectivity index is 1.50. The van der Waals surface area contributed by atoms with Crippen molar-refractivity contribution >= 4 is 17.2 Å². The van der Waals surface area contributed by atoms with Crippen molar-refractivity contribution in [2.24, 2.45) is 5.92 Å². The van der Waals surface area contributed by atoms with Crippen molar-refractivity contribution in [1.82, 2.24) is 15.2 Å². The highest BCUT2D eigenvalue weighted by atomic mass is 32.1. The van der Waals surface area contributed by atoms with Gasteiger partial charge in [-0.1, -0.05) is 31.2 Å². The molecular formula is C18H23N3OS. The molecule has 1 aromatic carbocycles. The predicted octanol–water partition coefficient (Wildman–Crippen LogP) is 3.31. The van der Waals surface area contributed by atoms with Crippen molar-refractivity contribution in [3.05, 3.63) is 52.0 Å². The third kappa shape index (κ3) is 4.62. The van der Waals surface area contributed by atoms with E-state index in [9.17, 15) is 4.79 Å². The molecule has 23 heavy (non-hydrogen) atoms. The maximum Gasteiger partial charge on any atom is 0.271 e. The second-order valence-corrected chi connectivity index (χ2v) is 7.07. The first-order valence-corrected chi connectivity index (χ1v) is 9.11. The van der Waals surface area contributed by atoms with E-state index in [4.69, 9.17) is 0 Å². The van der Waals surface area contributed by atoms with Crippen LogP contribution in [0.15, 0.2) is 35.2 Å². The van der Waals surface area contributed by atoms with E-state index in [1.165, 1.54) is 42.8 Å². The van der Waals surface area contributed by atoms with Crippen molar-refractivity contribution in [3.63, 3.8) is 0 Å². The van der Waals surface area contributed by atoms with Gasteiger partial charge in [-0.25, -0.2) is 4.98 Å². The van der Waals surface area contributed by atoms with Crippen molar-refractivity contribution in [3.8, 4) is 0 Å². The molecule has 1 aromatic heterocycles. The summed E-state index contributed by atoms with van der Waals surface area (Å²) in [5.41, 5.74) is 4.62. The number of benzene rings is 1. The molecule has 1 N–H and O–H groups in total. The summed E-state index contributed by atoms with van der Waals surface area (Å²) in [6, 6.07) is 8.54. The van der Waals surface area contributed by atoms with Gasteiger partial charge in [0.1, 0.15) is 5.69 Å². The summed E-state index contributed by atoms with van der Waals surface area (Å²) in [4.78, 5) is 18.4. The van der Waals surface area contributed by atoms with E-state index in [1.54, 1.807) is 10.9 Å². The number of nitrogens with zero attached hydrogens (tertiary/aromatic N) is 2. The van der Waals surface area contributed by atoms with Crippen molar-refractivity contribution in [2.75, 3.05) is 13.1 Å². The Kier molecular flexibility index (Phi) is 5.41. The van der Waals surface area contributed by atoms with E-state index in [2.05, 4.69) is 46.4 Å². The van der Waals surface area contributed by atoms with Crippen LogP contribution in [0, 0.1) is 5.92 Å². The van der Waals surface area contributed by atoms with E-state index >= 15 is 0 Å². The highest BCUT2D eigenvalue weighted by Gasteiger charge is 2.16. The fourth-order valence-electron chi connectivity index (χ4n) is 3.05. The zero-order valence-electron chi connectivity index (χ0n) is 13.5. The van der Waals surface area contributed by atoms with E-state index in [-0.39, 0.29) is 5.91 Å². The number of thiazole rings is 1. The van der Waals surface area contributed by atoms with Gasteiger partial charge in [0.05, 0.1) is 5.51 Å².